The number of ether oxygens (including phenoxy) is 1. The van der Waals surface area contributed by atoms with E-state index < -0.39 is 0 Å². The number of nitrogens with zero attached hydrogens (tertiary/aromatic N) is 1. The zero-order chi connectivity index (χ0) is 12.1. The van der Waals surface area contributed by atoms with E-state index in [2.05, 4.69) is 17.1 Å². The van der Waals surface area contributed by atoms with Gasteiger partial charge in [0.1, 0.15) is 0 Å². The van der Waals surface area contributed by atoms with Crippen LogP contribution in [0.15, 0.2) is 0 Å². The molecule has 1 heterocycles. The fraction of sp³-hybridized carbons (Fsp3) is 0.923. The second-order valence-electron chi connectivity index (χ2n) is 5.39. The Balaban J connectivity index is 1.59. The Morgan fingerprint density at radius 1 is 1.41 bits per heavy atom. The van der Waals surface area contributed by atoms with Gasteiger partial charge in [-0.15, -0.1) is 0 Å². The Bertz CT molecular complexity index is 248. The van der Waals surface area contributed by atoms with Crippen molar-refractivity contribution < 1.29 is 9.53 Å². The van der Waals surface area contributed by atoms with Crippen molar-refractivity contribution in [2.75, 3.05) is 39.4 Å². The summed E-state index contributed by atoms with van der Waals surface area (Å²) in [6.45, 7) is 7.83. The lowest BCUT2D eigenvalue weighted by Crippen LogP contribution is -2.42. The largest absolute Gasteiger partial charge is 0.379 e. The van der Waals surface area contributed by atoms with Gasteiger partial charge in [0.15, 0.2) is 0 Å². The van der Waals surface area contributed by atoms with Crippen LogP contribution in [0.1, 0.15) is 26.2 Å². The first kappa shape index (κ1) is 12.8. The maximum atomic E-state index is 11.7. The Morgan fingerprint density at radius 2 is 2.12 bits per heavy atom. The molecule has 0 radical (unpaired) electrons. The molecule has 1 aliphatic carbocycles. The zero-order valence-electron chi connectivity index (χ0n) is 10.8. The van der Waals surface area contributed by atoms with Crippen LogP contribution >= 0.6 is 0 Å². The van der Waals surface area contributed by atoms with Crippen molar-refractivity contribution in [3.63, 3.8) is 0 Å². The molecule has 0 aromatic rings. The van der Waals surface area contributed by atoms with Gasteiger partial charge in [-0.05, 0) is 18.8 Å². The zero-order valence-corrected chi connectivity index (χ0v) is 10.8. The van der Waals surface area contributed by atoms with E-state index in [-0.39, 0.29) is 5.91 Å². The molecule has 2 aliphatic rings. The molecule has 98 valence electrons. The Morgan fingerprint density at radius 3 is 2.71 bits per heavy atom. The molecule has 4 nitrogen and oxygen atoms in total. The van der Waals surface area contributed by atoms with Gasteiger partial charge >= 0.3 is 0 Å². The lowest BCUT2D eigenvalue weighted by atomic mass is 9.85. The van der Waals surface area contributed by atoms with Crippen molar-refractivity contribution in [1.29, 1.82) is 0 Å². The van der Waals surface area contributed by atoms with Gasteiger partial charge in [-0.3, -0.25) is 9.69 Å². The molecule has 1 unspecified atom stereocenters. The van der Waals surface area contributed by atoms with E-state index in [1.54, 1.807) is 0 Å². The summed E-state index contributed by atoms with van der Waals surface area (Å²) in [6.07, 6.45) is 3.40. The van der Waals surface area contributed by atoms with Crippen LogP contribution in [0.3, 0.4) is 0 Å². The van der Waals surface area contributed by atoms with Crippen molar-refractivity contribution in [2.45, 2.75) is 26.2 Å². The monoisotopic (exact) mass is 240 g/mol. The van der Waals surface area contributed by atoms with Crippen LogP contribution in [-0.2, 0) is 9.53 Å². The van der Waals surface area contributed by atoms with Crippen LogP contribution in [0, 0.1) is 11.8 Å². The first-order valence-corrected chi connectivity index (χ1v) is 6.83. The molecular weight excluding hydrogens is 216 g/mol. The summed E-state index contributed by atoms with van der Waals surface area (Å²) in [5, 5.41) is 3.08. The molecule has 1 saturated heterocycles. The Kier molecular flexibility index (Phi) is 4.80. The lowest BCUT2D eigenvalue weighted by molar-refractivity contribution is -0.127. The average molecular weight is 240 g/mol. The minimum atomic E-state index is 0.269. The summed E-state index contributed by atoms with van der Waals surface area (Å²) >= 11 is 0. The molecule has 0 bridgehead atoms. The van der Waals surface area contributed by atoms with Gasteiger partial charge in [-0.2, -0.15) is 0 Å². The number of nitrogens with one attached hydrogen (secondary N) is 1. The topological polar surface area (TPSA) is 41.6 Å². The fourth-order valence-corrected chi connectivity index (χ4v) is 2.38. The van der Waals surface area contributed by atoms with Crippen LogP contribution in [0.5, 0.6) is 0 Å². The maximum Gasteiger partial charge on any atom is 0.223 e. The summed E-state index contributed by atoms with van der Waals surface area (Å²) in [5.41, 5.74) is 0. The Hall–Kier alpha value is -0.610. The number of hydrogen-bond acceptors (Lipinski definition) is 3. The highest BCUT2D eigenvalue weighted by Gasteiger charge is 2.25. The molecule has 1 aliphatic heterocycles. The molecule has 2 fully saturated rings. The molecule has 0 aromatic heterocycles. The van der Waals surface area contributed by atoms with Crippen LogP contribution in [0.25, 0.3) is 0 Å². The first-order valence-electron chi connectivity index (χ1n) is 6.83. The van der Waals surface area contributed by atoms with E-state index >= 15 is 0 Å². The Labute approximate surface area is 104 Å². The van der Waals surface area contributed by atoms with Crippen molar-refractivity contribution in [2.24, 2.45) is 11.8 Å². The predicted octanol–water partition coefficient (Wildman–Crippen LogP) is 0.871. The highest BCUT2D eigenvalue weighted by molar-refractivity contribution is 5.79. The summed E-state index contributed by atoms with van der Waals surface area (Å²) in [7, 11) is 0. The normalized spacial score (nSPS) is 24.1. The first-order chi connectivity index (χ1) is 8.25. The van der Waals surface area contributed by atoms with E-state index in [1.165, 1.54) is 6.42 Å². The summed E-state index contributed by atoms with van der Waals surface area (Å²) in [6, 6.07) is 0. The van der Waals surface area contributed by atoms with Crippen LogP contribution in [0.4, 0.5) is 0 Å². The van der Waals surface area contributed by atoms with Gasteiger partial charge in [-0.1, -0.05) is 13.3 Å². The van der Waals surface area contributed by atoms with Crippen molar-refractivity contribution in [3.8, 4) is 0 Å². The number of rotatable bonds is 5. The number of amides is 1. The van der Waals surface area contributed by atoms with E-state index in [9.17, 15) is 4.79 Å². The van der Waals surface area contributed by atoms with E-state index in [0.717, 1.165) is 52.2 Å². The van der Waals surface area contributed by atoms with Gasteiger partial charge in [0.25, 0.3) is 0 Å². The molecule has 1 N–H and O–H groups in total. The summed E-state index contributed by atoms with van der Waals surface area (Å²) in [4.78, 5) is 14.1. The quantitative estimate of drug-likeness (QED) is 0.775. The average Bonchev–Trinajstić information content (AvgIpc) is 2.25. The summed E-state index contributed by atoms with van der Waals surface area (Å²) in [5.74, 6) is 1.10. The van der Waals surface area contributed by atoms with Gasteiger partial charge in [0.05, 0.1) is 13.2 Å². The highest BCUT2D eigenvalue weighted by atomic mass is 16.5. The molecule has 0 aromatic carbocycles. The molecule has 1 atom stereocenters. The molecular formula is C13H24N2O2. The van der Waals surface area contributed by atoms with Crippen molar-refractivity contribution in [3.05, 3.63) is 0 Å². The van der Waals surface area contributed by atoms with Crippen molar-refractivity contribution in [1.82, 2.24) is 10.2 Å². The number of hydrogen-bond donors (Lipinski definition) is 1. The van der Waals surface area contributed by atoms with Gasteiger partial charge < -0.3 is 10.1 Å². The minimum absolute atomic E-state index is 0.269. The lowest BCUT2D eigenvalue weighted by Gasteiger charge is -2.30. The third kappa shape index (κ3) is 3.96. The van der Waals surface area contributed by atoms with E-state index in [0.29, 0.717) is 11.8 Å². The van der Waals surface area contributed by atoms with E-state index in [4.69, 9.17) is 4.74 Å². The molecule has 4 heteroatoms. The van der Waals surface area contributed by atoms with Crippen LogP contribution in [0.2, 0.25) is 0 Å². The highest BCUT2D eigenvalue weighted by Crippen LogP contribution is 2.26. The van der Waals surface area contributed by atoms with Gasteiger partial charge in [0, 0.05) is 32.1 Å². The predicted molar refractivity (Wildman–Crippen MR) is 66.8 cm³/mol. The third-order valence-corrected chi connectivity index (χ3v) is 3.77. The van der Waals surface area contributed by atoms with Gasteiger partial charge in [-0.25, -0.2) is 0 Å². The SMILES string of the molecule is CC(CNC(=O)C1CCC1)CN1CCOCC1. The van der Waals surface area contributed by atoms with Crippen LogP contribution in [-0.4, -0.2) is 50.2 Å². The van der Waals surface area contributed by atoms with Crippen molar-refractivity contribution >= 4 is 5.91 Å². The second-order valence-corrected chi connectivity index (χ2v) is 5.39. The van der Waals surface area contributed by atoms with E-state index in [1.807, 2.05) is 0 Å². The number of morpholine rings is 1. The molecule has 1 amide bonds. The smallest absolute Gasteiger partial charge is 0.223 e. The standard InChI is InChI=1S/C13H24N2O2/c1-11(10-15-5-7-17-8-6-15)9-14-13(16)12-3-2-4-12/h11-12H,2-10H2,1H3,(H,14,16). The minimum Gasteiger partial charge on any atom is -0.379 e. The molecule has 0 spiro atoms. The summed E-state index contributed by atoms with van der Waals surface area (Å²) < 4.78 is 5.32. The van der Waals surface area contributed by atoms with Crippen LogP contribution < -0.4 is 5.32 Å². The number of carbonyl (C=O) groups excluding carboxylic acids is 1. The number of carbonyl (C=O) groups is 1. The molecule has 1 saturated carbocycles. The molecule has 2 rings (SSSR count). The molecule has 17 heavy (non-hydrogen) atoms. The third-order valence-electron chi connectivity index (χ3n) is 3.77. The maximum absolute atomic E-state index is 11.7. The fourth-order valence-electron chi connectivity index (χ4n) is 2.38. The van der Waals surface area contributed by atoms with Gasteiger partial charge in [0.2, 0.25) is 5.91 Å². The second kappa shape index (κ2) is 6.36.